The van der Waals surface area contributed by atoms with Crippen LogP contribution < -0.4 is 15.4 Å². The molecule has 1 aromatic heterocycles. The number of nitrogens with zero attached hydrogens (tertiary/aromatic N) is 1. The summed E-state index contributed by atoms with van der Waals surface area (Å²) in [5.41, 5.74) is 0.583. The first-order valence-electron chi connectivity index (χ1n) is 5.47. The normalized spacial score (nSPS) is 9.71. The van der Waals surface area contributed by atoms with Crippen molar-refractivity contribution in [2.24, 2.45) is 0 Å². The van der Waals surface area contributed by atoms with Crippen molar-refractivity contribution in [3.8, 4) is 5.88 Å². The minimum Gasteiger partial charge on any atom is -0.476 e. The molecule has 0 saturated carbocycles. The number of ether oxygens (including phenoxy) is 1. The van der Waals surface area contributed by atoms with Gasteiger partial charge in [0.05, 0.1) is 13.2 Å². The third-order valence-corrected chi connectivity index (χ3v) is 1.90. The monoisotopic (exact) mass is 235 g/mol. The number of amides is 1. The third kappa shape index (κ3) is 4.65. The number of nitrogens with one attached hydrogen (secondary N) is 2. The molecule has 1 amide bonds. The summed E-state index contributed by atoms with van der Waals surface area (Å²) in [6.07, 6.45) is 3.32. The molecule has 0 aliphatic heterocycles. The highest BCUT2D eigenvalue weighted by Crippen LogP contribution is 2.19. The first-order chi connectivity index (χ1) is 8.27. The van der Waals surface area contributed by atoms with Crippen LogP contribution in [-0.4, -0.2) is 30.6 Å². The maximum Gasteiger partial charge on any atom is 0.238 e. The number of hydrogen-bond donors (Lipinski definition) is 2. The SMILES string of the molecule is C=CCNCC(=O)Nc1cccnc1OCC. The van der Waals surface area contributed by atoms with Gasteiger partial charge in [0.25, 0.3) is 0 Å². The van der Waals surface area contributed by atoms with Crippen LogP contribution in [0.5, 0.6) is 5.88 Å². The molecule has 0 radical (unpaired) electrons. The predicted molar refractivity (Wildman–Crippen MR) is 67.1 cm³/mol. The van der Waals surface area contributed by atoms with Gasteiger partial charge in [-0.25, -0.2) is 4.98 Å². The van der Waals surface area contributed by atoms with E-state index in [1.54, 1.807) is 24.4 Å². The summed E-state index contributed by atoms with van der Waals surface area (Å²) in [7, 11) is 0. The lowest BCUT2D eigenvalue weighted by molar-refractivity contribution is -0.115. The first-order valence-corrected chi connectivity index (χ1v) is 5.47. The Labute approximate surface area is 101 Å². The lowest BCUT2D eigenvalue weighted by Crippen LogP contribution is -2.28. The van der Waals surface area contributed by atoms with Crippen LogP contribution in [0.2, 0.25) is 0 Å². The molecule has 92 valence electrons. The van der Waals surface area contributed by atoms with Crippen LogP contribution in [0, 0.1) is 0 Å². The molecule has 5 heteroatoms. The summed E-state index contributed by atoms with van der Waals surface area (Å²) in [5, 5.41) is 5.65. The fourth-order valence-corrected chi connectivity index (χ4v) is 1.22. The maximum atomic E-state index is 11.6. The molecule has 0 aliphatic rings. The smallest absolute Gasteiger partial charge is 0.238 e. The number of carbonyl (C=O) groups excluding carboxylic acids is 1. The zero-order valence-electron chi connectivity index (χ0n) is 9.90. The summed E-state index contributed by atoms with van der Waals surface area (Å²) in [4.78, 5) is 15.6. The molecule has 17 heavy (non-hydrogen) atoms. The number of aromatic nitrogens is 1. The quantitative estimate of drug-likeness (QED) is 0.550. The minimum absolute atomic E-state index is 0.138. The number of carbonyl (C=O) groups is 1. The molecule has 2 N–H and O–H groups in total. The number of pyridine rings is 1. The molecular formula is C12H17N3O2. The van der Waals surface area contributed by atoms with Crippen LogP contribution in [0.15, 0.2) is 31.0 Å². The Morgan fingerprint density at radius 2 is 2.47 bits per heavy atom. The van der Waals surface area contributed by atoms with Crippen LogP contribution in [0.25, 0.3) is 0 Å². The highest BCUT2D eigenvalue weighted by molar-refractivity contribution is 5.93. The Balaban J connectivity index is 2.54. The Morgan fingerprint density at radius 1 is 1.65 bits per heavy atom. The molecule has 0 unspecified atom stereocenters. The molecule has 1 rings (SSSR count). The van der Waals surface area contributed by atoms with Gasteiger partial charge in [0.2, 0.25) is 11.8 Å². The van der Waals surface area contributed by atoms with Gasteiger partial charge >= 0.3 is 0 Å². The van der Waals surface area contributed by atoms with Crippen LogP contribution in [-0.2, 0) is 4.79 Å². The molecule has 0 aliphatic carbocycles. The Bertz CT molecular complexity index is 380. The van der Waals surface area contributed by atoms with Crippen molar-refractivity contribution in [2.75, 3.05) is 25.0 Å². The van der Waals surface area contributed by atoms with Crippen LogP contribution in [0.3, 0.4) is 0 Å². The van der Waals surface area contributed by atoms with E-state index in [4.69, 9.17) is 4.74 Å². The third-order valence-electron chi connectivity index (χ3n) is 1.90. The van der Waals surface area contributed by atoms with Gasteiger partial charge in [0.15, 0.2) is 0 Å². The van der Waals surface area contributed by atoms with Gasteiger partial charge in [0.1, 0.15) is 5.69 Å². The summed E-state index contributed by atoms with van der Waals surface area (Å²) in [6.45, 7) is 6.76. The van der Waals surface area contributed by atoms with E-state index >= 15 is 0 Å². The van der Waals surface area contributed by atoms with E-state index in [0.717, 1.165) is 0 Å². The Morgan fingerprint density at radius 3 is 3.18 bits per heavy atom. The fourth-order valence-electron chi connectivity index (χ4n) is 1.22. The van der Waals surface area contributed by atoms with Crippen LogP contribution in [0.1, 0.15) is 6.92 Å². The Hall–Kier alpha value is -1.88. The van der Waals surface area contributed by atoms with Crippen molar-refractivity contribution in [2.45, 2.75) is 6.92 Å². The van der Waals surface area contributed by atoms with Gasteiger partial charge in [-0.15, -0.1) is 6.58 Å². The molecule has 1 aromatic rings. The van der Waals surface area contributed by atoms with Crippen molar-refractivity contribution >= 4 is 11.6 Å². The average Bonchev–Trinajstić information content (AvgIpc) is 2.32. The molecule has 1 heterocycles. The second kappa shape index (κ2) is 7.40. The molecule has 0 fully saturated rings. The van der Waals surface area contributed by atoms with E-state index in [-0.39, 0.29) is 12.5 Å². The molecule has 0 atom stereocenters. The van der Waals surface area contributed by atoms with E-state index in [1.165, 1.54) is 0 Å². The zero-order valence-corrected chi connectivity index (χ0v) is 9.90. The van der Waals surface area contributed by atoms with Gasteiger partial charge in [-0.3, -0.25) is 4.79 Å². The lowest BCUT2D eigenvalue weighted by Gasteiger charge is -2.09. The fraction of sp³-hybridized carbons (Fsp3) is 0.333. The summed E-state index contributed by atoms with van der Waals surface area (Å²) in [5.74, 6) is 0.299. The first kappa shape index (κ1) is 13.2. The average molecular weight is 235 g/mol. The maximum absolute atomic E-state index is 11.6. The second-order valence-corrected chi connectivity index (χ2v) is 3.26. The minimum atomic E-state index is -0.138. The summed E-state index contributed by atoms with van der Waals surface area (Å²) < 4.78 is 5.30. The second-order valence-electron chi connectivity index (χ2n) is 3.26. The van der Waals surface area contributed by atoms with Gasteiger partial charge in [0, 0.05) is 12.7 Å². The van der Waals surface area contributed by atoms with Gasteiger partial charge < -0.3 is 15.4 Å². The van der Waals surface area contributed by atoms with Crippen molar-refractivity contribution in [1.29, 1.82) is 0 Å². The van der Waals surface area contributed by atoms with Crippen LogP contribution >= 0.6 is 0 Å². The van der Waals surface area contributed by atoms with E-state index in [0.29, 0.717) is 24.7 Å². The number of anilines is 1. The van der Waals surface area contributed by atoms with Gasteiger partial charge in [-0.1, -0.05) is 6.08 Å². The highest BCUT2D eigenvalue weighted by Gasteiger charge is 2.07. The molecule has 5 nitrogen and oxygen atoms in total. The molecule has 0 spiro atoms. The van der Waals surface area contributed by atoms with Gasteiger partial charge in [-0.2, -0.15) is 0 Å². The van der Waals surface area contributed by atoms with Gasteiger partial charge in [-0.05, 0) is 19.1 Å². The summed E-state index contributed by atoms with van der Waals surface area (Å²) in [6, 6.07) is 3.50. The largest absolute Gasteiger partial charge is 0.476 e. The topological polar surface area (TPSA) is 63.2 Å². The van der Waals surface area contributed by atoms with E-state index in [2.05, 4.69) is 22.2 Å². The van der Waals surface area contributed by atoms with Crippen molar-refractivity contribution < 1.29 is 9.53 Å². The van der Waals surface area contributed by atoms with Crippen LogP contribution in [0.4, 0.5) is 5.69 Å². The van der Waals surface area contributed by atoms with E-state index < -0.39 is 0 Å². The number of hydrogen-bond acceptors (Lipinski definition) is 4. The standard InChI is InChI=1S/C12H17N3O2/c1-3-7-13-9-11(16)15-10-6-5-8-14-12(10)17-4-2/h3,5-6,8,13H,1,4,7,9H2,2H3,(H,15,16). The molecular weight excluding hydrogens is 218 g/mol. The predicted octanol–water partition coefficient (Wildman–Crippen LogP) is 1.19. The van der Waals surface area contributed by atoms with Crippen molar-refractivity contribution in [1.82, 2.24) is 10.3 Å². The Kier molecular flexibility index (Phi) is 5.74. The summed E-state index contributed by atoms with van der Waals surface area (Å²) >= 11 is 0. The van der Waals surface area contributed by atoms with E-state index in [9.17, 15) is 4.79 Å². The van der Waals surface area contributed by atoms with Crippen molar-refractivity contribution in [3.05, 3.63) is 31.0 Å². The lowest BCUT2D eigenvalue weighted by atomic mass is 10.4. The number of rotatable bonds is 7. The van der Waals surface area contributed by atoms with E-state index in [1.807, 2.05) is 6.92 Å². The highest BCUT2D eigenvalue weighted by atomic mass is 16.5. The molecule has 0 bridgehead atoms. The zero-order chi connectivity index (χ0) is 12.5. The molecule has 0 aromatic carbocycles. The van der Waals surface area contributed by atoms with Crippen molar-refractivity contribution in [3.63, 3.8) is 0 Å². The molecule has 0 saturated heterocycles.